The summed E-state index contributed by atoms with van der Waals surface area (Å²) in [7, 11) is 0. The molecule has 0 bridgehead atoms. The molecule has 0 fully saturated rings. The van der Waals surface area contributed by atoms with Crippen LogP contribution in [0, 0.1) is 5.92 Å². The SMILES string of the molecule is CC(C)[C@@H](C(=O)OCc1ccccc1)N(C(=O)OC(C)(C)C)[C@@H](C)C(=O)O. The van der Waals surface area contributed by atoms with Gasteiger partial charge in [-0.2, -0.15) is 0 Å². The number of carboxylic acid groups (broad SMARTS) is 1. The van der Waals surface area contributed by atoms with Gasteiger partial charge in [-0.05, 0) is 39.2 Å². The minimum atomic E-state index is -1.25. The van der Waals surface area contributed by atoms with Gasteiger partial charge in [0, 0.05) is 0 Å². The number of carbonyl (C=O) groups is 3. The minimum Gasteiger partial charge on any atom is -0.480 e. The molecule has 27 heavy (non-hydrogen) atoms. The summed E-state index contributed by atoms with van der Waals surface area (Å²) in [5, 5.41) is 9.42. The van der Waals surface area contributed by atoms with Crippen molar-refractivity contribution in [2.45, 2.75) is 65.8 Å². The van der Waals surface area contributed by atoms with E-state index in [1.54, 1.807) is 34.6 Å². The van der Waals surface area contributed by atoms with E-state index in [0.29, 0.717) is 0 Å². The van der Waals surface area contributed by atoms with Gasteiger partial charge in [0.15, 0.2) is 0 Å². The number of benzene rings is 1. The van der Waals surface area contributed by atoms with Gasteiger partial charge in [0.25, 0.3) is 0 Å². The summed E-state index contributed by atoms with van der Waals surface area (Å²) in [5.41, 5.74) is -0.0355. The van der Waals surface area contributed by atoms with Gasteiger partial charge in [-0.3, -0.25) is 4.90 Å². The molecule has 0 aliphatic carbocycles. The van der Waals surface area contributed by atoms with Crippen LogP contribution in [0.25, 0.3) is 0 Å². The fraction of sp³-hybridized carbons (Fsp3) is 0.550. The average molecular weight is 379 g/mol. The van der Waals surface area contributed by atoms with Crippen molar-refractivity contribution < 1.29 is 29.0 Å². The van der Waals surface area contributed by atoms with Crippen LogP contribution in [-0.4, -0.2) is 45.7 Å². The number of aliphatic carboxylic acids is 1. The van der Waals surface area contributed by atoms with Crippen molar-refractivity contribution in [3.63, 3.8) is 0 Å². The van der Waals surface area contributed by atoms with Crippen molar-refractivity contribution >= 4 is 18.0 Å². The van der Waals surface area contributed by atoms with Crippen LogP contribution in [0.3, 0.4) is 0 Å². The highest BCUT2D eigenvalue weighted by atomic mass is 16.6. The number of carboxylic acids is 1. The van der Waals surface area contributed by atoms with Crippen molar-refractivity contribution in [2.75, 3.05) is 0 Å². The van der Waals surface area contributed by atoms with E-state index in [-0.39, 0.29) is 12.5 Å². The first-order valence-electron chi connectivity index (χ1n) is 8.88. The van der Waals surface area contributed by atoms with Gasteiger partial charge in [-0.25, -0.2) is 14.4 Å². The maximum atomic E-state index is 12.7. The smallest absolute Gasteiger partial charge is 0.411 e. The first kappa shape index (κ1) is 22.5. The summed E-state index contributed by atoms with van der Waals surface area (Å²) in [5.74, 6) is -2.28. The van der Waals surface area contributed by atoms with Crippen molar-refractivity contribution in [1.29, 1.82) is 0 Å². The van der Waals surface area contributed by atoms with Gasteiger partial charge in [0.05, 0.1) is 0 Å². The summed E-state index contributed by atoms with van der Waals surface area (Å²) < 4.78 is 10.7. The second kappa shape index (κ2) is 9.39. The van der Waals surface area contributed by atoms with Gasteiger partial charge in [0.2, 0.25) is 0 Å². The van der Waals surface area contributed by atoms with Gasteiger partial charge in [-0.15, -0.1) is 0 Å². The van der Waals surface area contributed by atoms with Gasteiger partial charge < -0.3 is 14.6 Å². The van der Waals surface area contributed by atoms with Crippen LogP contribution in [0.1, 0.15) is 47.1 Å². The Morgan fingerprint density at radius 3 is 2.07 bits per heavy atom. The normalized spacial score (nSPS) is 13.6. The van der Waals surface area contributed by atoms with Crippen molar-refractivity contribution in [3.8, 4) is 0 Å². The minimum absolute atomic E-state index is 0.0342. The van der Waals surface area contributed by atoms with Crippen molar-refractivity contribution in [2.24, 2.45) is 5.92 Å². The lowest BCUT2D eigenvalue weighted by Gasteiger charge is -2.36. The van der Waals surface area contributed by atoms with E-state index in [9.17, 15) is 19.5 Å². The molecule has 0 saturated heterocycles. The molecule has 0 saturated carbocycles. The maximum Gasteiger partial charge on any atom is 0.411 e. The molecule has 0 spiro atoms. The highest BCUT2D eigenvalue weighted by Crippen LogP contribution is 2.21. The molecule has 1 amide bonds. The maximum absolute atomic E-state index is 12.7. The number of carbonyl (C=O) groups excluding carboxylic acids is 2. The number of nitrogens with zero attached hydrogens (tertiary/aromatic N) is 1. The second-order valence-corrected chi connectivity index (χ2v) is 7.68. The number of hydrogen-bond acceptors (Lipinski definition) is 5. The molecule has 0 radical (unpaired) electrons. The van der Waals surface area contributed by atoms with E-state index in [1.807, 2.05) is 30.3 Å². The van der Waals surface area contributed by atoms with Gasteiger partial charge in [0.1, 0.15) is 24.3 Å². The summed E-state index contributed by atoms with van der Waals surface area (Å²) in [4.78, 5) is 37.9. The molecule has 7 nitrogen and oxygen atoms in total. The van der Waals surface area contributed by atoms with Crippen LogP contribution in [0.4, 0.5) is 4.79 Å². The molecule has 7 heteroatoms. The predicted molar refractivity (Wildman–Crippen MR) is 100 cm³/mol. The standard InChI is InChI=1S/C20H29NO6/c1-13(2)16(18(24)26-12-15-10-8-7-9-11-15)21(14(3)17(22)23)19(25)27-20(4,5)6/h7-11,13-14,16H,12H2,1-6H3,(H,22,23)/t14-,16-/m0/s1. The molecule has 1 aromatic rings. The van der Waals surface area contributed by atoms with E-state index in [4.69, 9.17) is 9.47 Å². The summed E-state index contributed by atoms with van der Waals surface area (Å²) in [6, 6.07) is 6.77. The Morgan fingerprint density at radius 2 is 1.63 bits per heavy atom. The molecule has 1 aromatic carbocycles. The lowest BCUT2D eigenvalue weighted by atomic mass is 10.0. The van der Waals surface area contributed by atoms with Crippen LogP contribution in [-0.2, 0) is 25.7 Å². The Balaban J connectivity index is 3.08. The average Bonchev–Trinajstić information content (AvgIpc) is 2.55. The van der Waals surface area contributed by atoms with E-state index in [0.717, 1.165) is 10.5 Å². The Kier molecular flexibility index (Phi) is 7.82. The Hall–Kier alpha value is -2.57. The lowest BCUT2D eigenvalue weighted by Crippen LogP contribution is -2.56. The molecule has 1 N–H and O–H groups in total. The Morgan fingerprint density at radius 1 is 1.07 bits per heavy atom. The predicted octanol–water partition coefficient (Wildman–Crippen LogP) is 3.46. The molecule has 0 aliphatic heterocycles. The number of ether oxygens (including phenoxy) is 2. The highest BCUT2D eigenvalue weighted by Gasteiger charge is 2.41. The largest absolute Gasteiger partial charge is 0.480 e. The first-order chi connectivity index (χ1) is 12.4. The third kappa shape index (κ3) is 6.92. The molecular weight excluding hydrogens is 350 g/mol. The van der Waals surface area contributed by atoms with Gasteiger partial charge in [-0.1, -0.05) is 44.2 Å². The number of amides is 1. The molecule has 0 unspecified atom stereocenters. The van der Waals surface area contributed by atoms with Crippen molar-refractivity contribution in [3.05, 3.63) is 35.9 Å². The highest BCUT2D eigenvalue weighted by molar-refractivity contribution is 5.86. The van der Waals surface area contributed by atoms with Crippen LogP contribution < -0.4 is 0 Å². The summed E-state index contributed by atoms with van der Waals surface area (Å²) in [6.45, 7) is 9.84. The molecule has 2 atom stereocenters. The van der Waals surface area contributed by atoms with Gasteiger partial charge >= 0.3 is 18.0 Å². The second-order valence-electron chi connectivity index (χ2n) is 7.68. The fourth-order valence-corrected chi connectivity index (χ4v) is 2.47. The topological polar surface area (TPSA) is 93.1 Å². The van der Waals surface area contributed by atoms with Crippen molar-refractivity contribution in [1.82, 2.24) is 4.90 Å². The Labute approximate surface area is 160 Å². The number of rotatable bonds is 7. The molecular formula is C20H29NO6. The zero-order valence-electron chi connectivity index (χ0n) is 16.8. The third-order valence-electron chi connectivity index (χ3n) is 3.78. The van der Waals surface area contributed by atoms with Crippen LogP contribution in [0.5, 0.6) is 0 Å². The van der Waals surface area contributed by atoms with E-state index < -0.39 is 35.7 Å². The zero-order chi connectivity index (χ0) is 20.8. The lowest BCUT2D eigenvalue weighted by molar-refractivity contribution is -0.157. The van der Waals surface area contributed by atoms with E-state index in [1.165, 1.54) is 6.92 Å². The molecule has 150 valence electrons. The molecule has 0 aromatic heterocycles. The number of esters is 1. The summed E-state index contributed by atoms with van der Waals surface area (Å²) in [6.07, 6.45) is -0.868. The molecule has 1 rings (SSSR count). The van der Waals surface area contributed by atoms with Crippen LogP contribution in [0.2, 0.25) is 0 Å². The first-order valence-corrected chi connectivity index (χ1v) is 8.88. The molecule has 0 heterocycles. The fourth-order valence-electron chi connectivity index (χ4n) is 2.47. The quantitative estimate of drug-likeness (QED) is 0.729. The van der Waals surface area contributed by atoms with E-state index in [2.05, 4.69) is 0 Å². The summed E-state index contributed by atoms with van der Waals surface area (Å²) >= 11 is 0. The number of hydrogen-bond donors (Lipinski definition) is 1. The van der Waals surface area contributed by atoms with Crippen LogP contribution in [0.15, 0.2) is 30.3 Å². The van der Waals surface area contributed by atoms with E-state index >= 15 is 0 Å². The molecule has 0 aliphatic rings. The third-order valence-corrected chi connectivity index (χ3v) is 3.78. The van der Waals surface area contributed by atoms with Crippen LogP contribution >= 0.6 is 0 Å². The Bertz CT molecular complexity index is 650. The zero-order valence-corrected chi connectivity index (χ0v) is 16.8. The monoisotopic (exact) mass is 379 g/mol.